The van der Waals surface area contributed by atoms with Crippen molar-refractivity contribution in [3.63, 3.8) is 0 Å². The standard InChI is InChI=1S/C8H17NO2.ClH/c1-3-4-5-6-8(10)11-7(2)9;/h7H,3-6,9H2,1-2H3;1H. The fraction of sp³-hybridized carbons (Fsp3) is 0.875. The minimum Gasteiger partial charge on any atom is -0.447 e. The number of carbonyl (C=O) groups excluding carboxylic acids is 1. The zero-order chi connectivity index (χ0) is 8.69. The van der Waals surface area contributed by atoms with Crippen LogP contribution in [-0.2, 0) is 9.53 Å². The molecule has 0 aromatic carbocycles. The maximum atomic E-state index is 10.8. The zero-order valence-electron chi connectivity index (χ0n) is 7.71. The molecule has 0 rings (SSSR count). The summed E-state index contributed by atoms with van der Waals surface area (Å²) in [5.74, 6) is -0.187. The number of hydrogen-bond donors (Lipinski definition) is 1. The van der Waals surface area contributed by atoms with E-state index in [-0.39, 0.29) is 18.4 Å². The molecule has 4 heteroatoms. The number of halogens is 1. The molecule has 12 heavy (non-hydrogen) atoms. The van der Waals surface area contributed by atoms with Crippen LogP contribution in [0.1, 0.15) is 39.5 Å². The van der Waals surface area contributed by atoms with Gasteiger partial charge in [-0.25, -0.2) is 0 Å². The third kappa shape index (κ3) is 9.72. The van der Waals surface area contributed by atoms with Crippen molar-refractivity contribution in [1.82, 2.24) is 0 Å². The maximum absolute atomic E-state index is 10.8. The van der Waals surface area contributed by atoms with Gasteiger partial charge in [-0.1, -0.05) is 19.8 Å². The van der Waals surface area contributed by atoms with E-state index in [1.807, 2.05) is 0 Å². The van der Waals surface area contributed by atoms with Crippen LogP contribution in [0.5, 0.6) is 0 Å². The Morgan fingerprint density at radius 2 is 2.08 bits per heavy atom. The Labute approximate surface area is 80.1 Å². The van der Waals surface area contributed by atoms with E-state index in [2.05, 4.69) is 6.92 Å². The molecule has 0 fully saturated rings. The van der Waals surface area contributed by atoms with Gasteiger partial charge in [-0.3, -0.25) is 10.5 Å². The summed E-state index contributed by atoms with van der Waals surface area (Å²) in [6, 6.07) is 0. The molecule has 2 N–H and O–H groups in total. The highest BCUT2D eigenvalue weighted by Gasteiger charge is 2.03. The number of hydrogen-bond acceptors (Lipinski definition) is 3. The van der Waals surface area contributed by atoms with Crippen molar-refractivity contribution in [1.29, 1.82) is 0 Å². The van der Waals surface area contributed by atoms with Gasteiger partial charge in [-0.2, -0.15) is 0 Å². The summed E-state index contributed by atoms with van der Waals surface area (Å²) >= 11 is 0. The molecule has 0 amide bonds. The monoisotopic (exact) mass is 195 g/mol. The van der Waals surface area contributed by atoms with E-state index in [4.69, 9.17) is 10.5 Å². The third-order valence-corrected chi connectivity index (χ3v) is 1.30. The molecule has 0 aromatic rings. The number of nitrogens with two attached hydrogens (primary N) is 1. The first-order chi connectivity index (χ1) is 5.16. The Balaban J connectivity index is 0. The van der Waals surface area contributed by atoms with Gasteiger partial charge in [0.2, 0.25) is 0 Å². The molecule has 3 nitrogen and oxygen atoms in total. The summed E-state index contributed by atoms with van der Waals surface area (Å²) in [5.41, 5.74) is 5.25. The first-order valence-corrected chi connectivity index (χ1v) is 4.12. The third-order valence-electron chi connectivity index (χ3n) is 1.30. The molecule has 0 aliphatic heterocycles. The van der Waals surface area contributed by atoms with Crippen molar-refractivity contribution in [2.75, 3.05) is 0 Å². The van der Waals surface area contributed by atoms with Crippen LogP contribution in [-0.4, -0.2) is 12.2 Å². The van der Waals surface area contributed by atoms with Gasteiger partial charge in [0, 0.05) is 6.42 Å². The Morgan fingerprint density at radius 1 is 1.50 bits per heavy atom. The Bertz CT molecular complexity index is 118. The van der Waals surface area contributed by atoms with E-state index in [9.17, 15) is 4.79 Å². The Morgan fingerprint density at radius 3 is 2.50 bits per heavy atom. The molecular weight excluding hydrogens is 178 g/mol. The Kier molecular flexibility index (Phi) is 10.5. The van der Waals surface area contributed by atoms with Crippen LogP contribution in [0.2, 0.25) is 0 Å². The number of unbranched alkanes of at least 4 members (excludes halogenated alkanes) is 2. The van der Waals surface area contributed by atoms with Gasteiger partial charge >= 0.3 is 5.97 Å². The molecule has 1 unspecified atom stereocenters. The minimum atomic E-state index is -0.468. The van der Waals surface area contributed by atoms with Gasteiger partial charge in [-0.05, 0) is 13.3 Å². The highest BCUT2D eigenvalue weighted by atomic mass is 35.5. The summed E-state index contributed by atoms with van der Waals surface area (Å²) in [6.45, 7) is 3.74. The molecule has 0 radical (unpaired) electrons. The molecule has 0 saturated heterocycles. The van der Waals surface area contributed by atoms with Gasteiger partial charge in [0.25, 0.3) is 0 Å². The van der Waals surface area contributed by atoms with Gasteiger partial charge in [0.1, 0.15) is 6.23 Å². The quantitative estimate of drug-likeness (QED) is 0.414. The average molecular weight is 196 g/mol. The van der Waals surface area contributed by atoms with Crippen molar-refractivity contribution < 1.29 is 9.53 Å². The molecule has 0 spiro atoms. The molecular formula is C8H18ClNO2. The largest absolute Gasteiger partial charge is 0.447 e. The van der Waals surface area contributed by atoms with Crippen LogP contribution in [0.3, 0.4) is 0 Å². The van der Waals surface area contributed by atoms with Crippen LogP contribution in [0.25, 0.3) is 0 Å². The predicted molar refractivity (Wildman–Crippen MR) is 51.1 cm³/mol. The lowest BCUT2D eigenvalue weighted by atomic mass is 10.2. The summed E-state index contributed by atoms with van der Waals surface area (Å²) in [7, 11) is 0. The number of ether oxygens (including phenoxy) is 1. The van der Waals surface area contributed by atoms with E-state index in [1.165, 1.54) is 0 Å². The van der Waals surface area contributed by atoms with Crippen LogP contribution in [0, 0.1) is 0 Å². The molecule has 1 atom stereocenters. The first-order valence-electron chi connectivity index (χ1n) is 4.12. The van der Waals surface area contributed by atoms with E-state index < -0.39 is 6.23 Å². The second-order valence-electron chi connectivity index (χ2n) is 2.65. The van der Waals surface area contributed by atoms with Gasteiger partial charge in [0.05, 0.1) is 0 Å². The second kappa shape index (κ2) is 8.81. The number of rotatable bonds is 5. The van der Waals surface area contributed by atoms with Gasteiger partial charge in [-0.15, -0.1) is 12.4 Å². The summed E-state index contributed by atoms with van der Waals surface area (Å²) in [5, 5.41) is 0. The fourth-order valence-corrected chi connectivity index (χ4v) is 0.786. The van der Waals surface area contributed by atoms with E-state index >= 15 is 0 Å². The summed E-state index contributed by atoms with van der Waals surface area (Å²) in [6.07, 6.45) is 3.13. The molecule has 0 aliphatic rings. The van der Waals surface area contributed by atoms with E-state index in [0.29, 0.717) is 6.42 Å². The van der Waals surface area contributed by atoms with Crippen molar-refractivity contribution in [2.45, 2.75) is 45.8 Å². The smallest absolute Gasteiger partial charge is 0.307 e. The average Bonchev–Trinajstić information content (AvgIpc) is 1.86. The van der Waals surface area contributed by atoms with E-state index in [1.54, 1.807) is 6.92 Å². The molecule has 0 heterocycles. The summed E-state index contributed by atoms with van der Waals surface area (Å²) in [4.78, 5) is 10.8. The highest BCUT2D eigenvalue weighted by molar-refractivity contribution is 5.85. The minimum absolute atomic E-state index is 0. The topological polar surface area (TPSA) is 52.3 Å². The second-order valence-corrected chi connectivity index (χ2v) is 2.65. The van der Waals surface area contributed by atoms with Crippen molar-refractivity contribution in [3.05, 3.63) is 0 Å². The highest BCUT2D eigenvalue weighted by Crippen LogP contribution is 2.00. The number of esters is 1. The molecule has 0 saturated carbocycles. The first kappa shape index (κ1) is 14.3. The lowest BCUT2D eigenvalue weighted by Gasteiger charge is -2.06. The van der Waals surface area contributed by atoms with Crippen LogP contribution >= 0.6 is 12.4 Å². The zero-order valence-corrected chi connectivity index (χ0v) is 8.52. The summed E-state index contributed by atoms with van der Waals surface area (Å²) < 4.78 is 4.74. The maximum Gasteiger partial charge on any atom is 0.307 e. The van der Waals surface area contributed by atoms with Crippen molar-refractivity contribution in [2.24, 2.45) is 5.73 Å². The van der Waals surface area contributed by atoms with Crippen molar-refractivity contribution >= 4 is 18.4 Å². The van der Waals surface area contributed by atoms with Crippen LogP contribution in [0.15, 0.2) is 0 Å². The van der Waals surface area contributed by atoms with Crippen molar-refractivity contribution in [3.8, 4) is 0 Å². The van der Waals surface area contributed by atoms with E-state index in [0.717, 1.165) is 19.3 Å². The van der Waals surface area contributed by atoms with Crippen LogP contribution in [0.4, 0.5) is 0 Å². The molecule has 0 aliphatic carbocycles. The van der Waals surface area contributed by atoms with Gasteiger partial charge < -0.3 is 4.74 Å². The lowest BCUT2D eigenvalue weighted by molar-refractivity contribution is -0.148. The normalized spacial score (nSPS) is 11.6. The predicted octanol–water partition coefficient (Wildman–Crippen LogP) is 1.84. The SMILES string of the molecule is CCCCCC(=O)OC(C)N.Cl. The van der Waals surface area contributed by atoms with Gasteiger partial charge in [0.15, 0.2) is 0 Å². The Hall–Kier alpha value is -0.280. The van der Waals surface area contributed by atoms with Crippen LogP contribution < -0.4 is 5.73 Å². The molecule has 74 valence electrons. The fourth-order valence-electron chi connectivity index (χ4n) is 0.786. The molecule has 0 aromatic heterocycles. The lowest BCUT2D eigenvalue weighted by Crippen LogP contribution is -2.23. The molecule has 0 bridgehead atoms. The number of carbonyl (C=O) groups is 1.